The molecule has 0 aliphatic carbocycles. The molecule has 1 aliphatic heterocycles. The van der Waals surface area contributed by atoms with Crippen LogP contribution in [0.25, 0.3) is 0 Å². The van der Waals surface area contributed by atoms with Crippen molar-refractivity contribution in [2.45, 2.75) is 33.6 Å². The summed E-state index contributed by atoms with van der Waals surface area (Å²) in [5.74, 6) is 2.99. The number of hydrogen-bond acceptors (Lipinski definition) is 5. The Kier molecular flexibility index (Phi) is 5.59. The normalized spacial score (nSPS) is 16.4. The fourth-order valence-electron chi connectivity index (χ4n) is 2.55. The minimum Gasteiger partial charge on any atom is -0.370 e. The molecule has 0 atom stereocenters. The Hall–Kier alpha value is -1.36. The summed E-state index contributed by atoms with van der Waals surface area (Å²) in [6, 6.07) is 2.09. The number of nitrogens with one attached hydrogen (secondary N) is 1. The average molecular weight is 277 g/mol. The molecule has 0 aromatic carbocycles. The van der Waals surface area contributed by atoms with Crippen molar-refractivity contribution in [2.75, 3.05) is 49.5 Å². The molecule has 2 rings (SSSR count). The maximum Gasteiger partial charge on any atom is 0.134 e. The lowest BCUT2D eigenvalue weighted by Crippen LogP contribution is -2.46. The van der Waals surface area contributed by atoms with Gasteiger partial charge in [-0.15, -0.1) is 0 Å². The third-order valence-corrected chi connectivity index (χ3v) is 3.73. The third-order valence-electron chi connectivity index (χ3n) is 3.73. The lowest BCUT2D eigenvalue weighted by Gasteiger charge is -2.35. The lowest BCUT2D eigenvalue weighted by atomic mass is 10.3. The molecule has 1 aromatic heterocycles. The predicted octanol–water partition coefficient (Wildman–Crippen LogP) is 2.00. The molecule has 0 radical (unpaired) electrons. The zero-order valence-electron chi connectivity index (χ0n) is 13.0. The molecule has 0 spiro atoms. The summed E-state index contributed by atoms with van der Waals surface area (Å²) < 4.78 is 0. The van der Waals surface area contributed by atoms with Gasteiger partial charge in [0.2, 0.25) is 0 Å². The highest BCUT2D eigenvalue weighted by atomic mass is 15.3. The van der Waals surface area contributed by atoms with E-state index in [2.05, 4.69) is 46.9 Å². The summed E-state index contributed by atoms with van der Waals surface area (Å²) in [5, 5.41) is 3.32. The second kappa shape index (κ2) is 7.43. The van der Waals surface area contributed by atoms with Crippen LogP contribution < -0.4 is 10.2 Å². The minimum atomic E-state index is 0.894. The van der Waals surface area contributed by atoms with Crippen LogP contribution in [-0.2, 0) is 6.42 Å². The third kappa shape index (κ3) is 3.82. The predicted molar refractivity (Wildman–Crippen MR) is 84.5 cm³/mol. The van der Waals surface area contributed by atoms with Gasteiger partial charge >= 0.3 is 0 Å². The minimum absolute atomic E-state index is 0.894. The van der Waals surface area contributed by atoms with Crippen molar-refractivity contribution in [1.82, 2.24) is 14.9 Å². The molecular formula is C15H27N5. The molecule has 5 nitrogen and oxygen atoms in total. The van der Waals surface area contributed by atoms with Gasteiger partial charge in [-0.1, -0.05) is 13.8 Å². The summed E-state index contributed by atoms with van der Waals surface area (Å²) in [6.07, 6.45) is 2.03. The molecule has 1 aromatic rings. The molecule has 2 heterocycles. The molecule has 1 fully saturated rings. The van der Waals surface area contributed by atoms with E-state index in [1.807, 2.05) is 0 Å². The number of anilines is 2. The topological polar surface area (TPSA) is 44.3 Å². The first-order chi connectivity index (χ1) is 9.76. The monoisotopic (exact) mass is 277 g/mol. The van der Waals surface area contributed by atoms with Gasteiger partial charge in [0.15, 0.2) is 0 Å². The zero-order valence-corrected chi connectivity index (χ0v) is 13.0. The van der Waals surface area contributed by atoms with Crippen molar-refractivity contribution in [3.63, 3.8) is 0 Å². The molecule has 0 unspecified atom stereocenters. The molecule has 20 heavy (non-hydrogen) atoms. The zero-order chi connectivity index (χ0) is 14.4. The summed E-state index contributed by atoms with van der Waals surface area (Å²) in [5.41, 5.74) is 0. The number of nitrogens with zero attached hydrogens (tertiary/aromatic N) is 4. The standard InChI is InChI=1S/C15H27N5/c1-4-7-13-17-14(16-5-2)12-15(18-13)20-10-8-19(6-3)9-11-20/h12H,4-11H2,1-3H3,(H,16,17,18). The second-order valence-electron chi connectivity index (χ2n) is 5.23. The van der Waals surface area contributed by atoms with E-state index in [-0.39, 0.29) is 0 Å². The number of piperazine rings is 1. The number of rotatable bonds is 6. The Balaban J connectivity index is 2.13. The van der Waals surface area contributed by atoms with Crippen LogP contribution in [0.2, 0.25) is 0 Å². The summed E-state index contributed by atoms with van der Waals surface area (Å²) in [6.45, 7) is 12.9. The van der Waals surface area contributed by atoms with Crippen molar-refractivity contribution in [3.05, 3.63) is 11.9 Å². The average Bonchev–Trinajstić information content (AvgIpc) is 2.48. The van der Waals surface area contributed by atoms with E-state index in [0.717, 1.165) is 69.6 Å². The molecule has 0 bridgehead atoms. The quantitative estimate of drug-likeness (QED) is 0.861. The molecule has 1 aliphatic rings. The van der Waals surface area contributed by atoms with Crippen molar-refractivity contribution in [2.24, 2.45) is 0 Å². The lowest BCUT2D eigenvalue weighted by molar-refractivity contribution is 0.270. The van der Waals surface area contributed by atoms with Gasteiger partial charge in [0.1, 0.15) is 17.5 Å². The molecule has 0 amide bonds. The molecular weight excluding hydrogens is 250 g/mol. The van der Waals surface area contributed by atoms with E-state index in [9.17, 15) is 0 Å². The van der Waals surface area contributed by atoms with Gasteiger partial charge in [-0.25, -0.2) is 9.97 Å². The van der Waals surface area contributed by atoms with E-state index in [1.165, 1.54) is 0 Å². The Morgan fingerprint density at radius 1 is 1.10 bits per heavy atom. The van der Waals surface area contributed by atoms with Gasteiger partial charge in [0.05, 0.1) is 0 Å². The van der Waals surface area contributed by atoms with Crippen LogP contribution in [0.4, 0.5) is 11.6 Å². The molecule has 1 N–H and O–H groups in total. The van der Waals surface area contributed by atoms with Crippen LogP contribution in [0.5, 0.6) is 0 Å². The van der Waals surface area contributed by atoms with Crippen molar-refractivity contribution in [3.8, 4) is 0 Å². The van der Waals surface area contributed by atoms with E-state index >= 15 is 0 Å². The summed E-state index contributed by atoms with van der Waals surface area (Å²) in [4.78, 5) is 14.2. The summed E-state index contributed by atoms with van der Waals surface area (Å²) in [7, 11) is 0. The summed E-state index contributed by atoms with van der Waals surface area (Å²) >= 11 is 0. The largest absolute Gasteiger partial charge is 0.370 e. The van der Waals surface area contributed by atoms with Crippen molar-refractivity contribution < 1.29 is 0 Å². The second-order valence-corrected chi connectivity index (χ2v) is 5.23. The Bertz CT molecular complexity index is 388. The van der Waals surface area contributed by atoms with Gasteiger partial charge in [-0.05, 0) is 19.9 Å². The van der Waals surface area contributed by atoms with E-state index in [0.29, 0.717) is 0 Å². The molecule has 112 valence electrons. The van der Waals surface area contributed by atoms with Crippen LogP contribution in [0.1, 0.15) is 33.0 Å². The van der Waals surface area contributed by atoms with E-state index < -0.39 is 0 Å². The van der Waals surface area contributed by atoms with Crippen LogP contribution in [0.3, 0.4) is 0 Å². The fourth-order valence-corrected chi connectivity index (χ4v) is 2.55. The first-order valence-corrected chi connectivity index (χ1v) is 7.85. The van der Waals surface area contributed by atoms with Crippen LogP contribution >= 0.6 is 0 Å². The highest BCUT2D eigenvalue weighted by Crippen LogP contribution is 2.18. The number of aryl methyl sites for hydroxylation is 1. The maximum absolute atomic E-state index is 4.74. The number of hydrogen-bond donors (Lipinski definition) is 1. The Labute approximate surface area is 122 Å². The van der Waals surface area contributed by atoms with Crippen molar-refractivity contribution in [1.29, 1.82) is 0 Å². The fraction of sp³-hybridized carbons (Fsp3) is 0.733. The number of likely N-dealkylation sites (N-methyl/N-ethyl adjacent to an activating group) is 1. The maximum atomic E-state index is 4.74. The van der Waals surface area contributed by atoms with E-state index in [4.69, 9.17) is 4.98 Å². The molecule has 0 saturated carbocycles. The molecule has 5 heteroatoms. The smallest absolute Gasteiger partial charge is 0.134 e. The first kappa shape index (κ1) is 15.0. The van der Waals surface area contributed by atoms with Gasteiger partial charge in [-0.2, -0.15) is 0 Å². The molecule has 1 saturated heterocycles. The first-order valence-electron chi connectivity index (χ1n) is 7.85. The van der Waals surface area contributed by atoms with Gasteiger partial charge < -0.3 is 15.1 Å². The van der Waals surface area contributed by atoms with Crippen LogP contribution in [0, 0.1) is 0 Å². The van der Waals surface area contributed by atoms with E-state index in [1.54, 1.807) is 0 Å². The number of aromatic nitrogens is 2. The van der Waals surface area contributed by atoms with Crippen molar-refractivity contribution >= 4 is 11.6 Å². The van der Waals surface area contributed by atoms with Gasteiger partial charge in [0.25, 0.3) is 0 Å². The van der Waals surface area contributed by atoms with Crippen LogP contribution in [-0.4, -0.2) is 54.1 Å². The Morgan fingerprint density at radius 2 is 1.85 bits per heavy atom. The van der Waals surface area contributed by atoms with Gasteiger partial charge in [-0.3, -0.25) is 0 Å². The SMILES string of the molecule is CCCc1nc(NCC)cc(N2CCN(CC)CC2)n1. The van der Waals surface area contributed by atoms with Crippen LogP contribution in [0.15, 0.2) is 6.07 Å². The highest BCUT2D eigenvalue weighted by Gasteiger charge is 2.18. The van der Waals surface area contributed by atoms with Gasteiger partial charge in [0, 0.05) is 45.2 Å². The highest BCUT2D eigenvalue weighted by molar-refractivity contribution is 5.49. The Morgan fingerprint density at radius 3 is 2.45 bits per heavy atom.